The van der Waals surface area contributed by atoms with Crippen molar-refractivity contribution < 1.29 is 4.79 Å². The molecule has 0 spiro atoms. The number of benzene rings is 2. The Morgan fingerprint density at radius 1 is 0.783 bits per heavy atom. The Labute approximate surface area is 139 Å². The van der Waals surface area contributed by atoms with Crippen molar-refractivity contribution in [1.29, 1.82) is 0 Å². The van der Waals surface area contributed by atoms with Crippen LogP contribution in [0.2, 0.25) is 0 Å². The van der Waals surface area contributed by atoms with Gasteiger partial charge in [-0.3, -0.25) is 0 Å². The van der Waals surface area contributed by atoms with Crippen LogP contribution < -0.4 is 5.32 Å². The van der Waals surface area contributed by atoms with Crippen LogP contribution in [-0.2, 0) is 0 Å². The molecule has 23 heavy (non-hydrogen) atoms. The second kappa shape index (κ2) is 7.82. The van der Waals surface area contributed by atoms with E-state index in [-0.39, 0.29) is 24.2 Å². The lowest BCUT2D eigenvalue weighted by molar-refractivity contribution is 0.163. The van der Waals surface area contributed by atoms with E-state index in [2.05, 4.69) is 5.32 Å². The Kier molecular flexibility index (Phi) is 5.80. The van der Waals surface area contributed by atoms with E-state index in [1.165, 1.54) is 0 Å². The highest BCUT2D eigenvalue weighted by Crippen LogP contribution is 2.22. The summed E-state index contributed by atoms with van der Waals surface area (Å²) in [5.41, 5.74) is 2.17. The molecule has 0 fully saturated rings. The molecule has 0 aromatic heterocycles. The van der Waals surface area contributed by atoms with Crippen LogP contribution in [0.3, 0.4) is 0 Å². The Bertz CT molecular complexity index is 561. The highest BCUT2D eigenvalue weighted by Gasteiger charge is 2.24. The van der Waals surface area contributed by atoms with Crippen LogP contribution in [0.5, 0.6) is 0 Å². The van der Waals surface area contributed by atoms with Gasteiger partial charge in [0.2, 0.25) is 0 Å². The molecule has 0 bridgehead atoms. The summed E-state index contributed by atoms with van der Waals surface area (Å²) >= 11 is 0. The van der Waals surface area contributed by atoms with Crippen LogP contribution in [0.25, 0.3) is 0 Å². The maximum atomic E-state index is 12.8. The Hall–Kier alpha value is -2.29. The molecular weight excluding hydrogens is 284 g/mol. The standard InChI is InChI=1S/C20H26N2O/c1-15(2)22(16(3)4)20(23)21-19(17-11-7-5-8-12-17)18-13-9-6-10-14-18/h5-16,19H,1-4H3,(H,21,23). The van der Waals surface area contributed by atoms with E-state index >= 15 is 0 Å². The van der Waals surface area contributed by atoms with Crippen molar-refractivity contribution >= 4 is 6.03 Å². The lowest BCUT2D eigenvalue weighted by Crippen LogP contribution is -2.48. The molecule has 2 aromatic rings. The summed E-state index contributed by atoms with van der Waals surface area (Å²) in [6.45, 7) is 8.17. The maximum Gasteiger partial charge on any atom is 0.318 e. The van der Waals surface area contributed by atoms with Crippen molar-refractivity contribution in [2.24, 2.45) is 0 Å². The van der Waals surface area contributed by atoms with Crippen molar-refractivity contribution in [3.05, 3.63) is 71.8 Å². The summed E-state index contributed by atoms with van der Waals surface area (Å²) in [6.07, 6.45) is 0. The minimum Gasteiger partial charge on any atom is -0.327 e. The van der Waals surface area contributed by atoms with Gasteiger partial charge < -0.3 is 10.2 Å². The van der Waals surface area contributed by atoms with Crippen molar-refractivity contribution in [2.75, 3.05) is 0 Å². The summed E-state index contributed by atoms with van der Waals surface area (Å²) < 4.78 is 0. The van der Waals surface area contributed by atoms with Gasteiger partial charge in [-0.1, -0.05) is 60.7 Å². The van der Waals surface area contributed by atoms with Crippen molar-refractivity contribution in [3.8, 4) is 0 Å². The first-order valence-electron chi connectivity index (χ1n) is 8.19. The van der Waals surface area contributed by atoms with E-state index in [0.717, 1.165) is 11.1 Å². The lowest BCUT2D eigenvalue weighted by atomic mass is 9.99. The van der Waals surface area contributed by atoms with E-state index < -0.39 is 0 Å². The maximum absolute atomic E-state index is 12.8. The van der Waals surface area contributed by atoms with Gasteiger partial charge in [0.1, 0.15) is 0 Å². The second-order valence-electron chi connectivity index (χ2n) is 6.30. The number of urea groups is 1. The van der Waals surface area contributed by atoms with E-state index in [1.807, 2.05) is 93.3 Å². The Balaban J connectivity index is 2.30. The summed E-state index contributed by atoms with van der Waals surface area (Å²) in [4.78, 5) is 14.7. The molecule has 2 amide bonds. The fourth-order valence-electron chi connectivity index (χ4n) is 2.91. The molecule has 2 aromatic carbocycles. The highest BCUT2D eigenvalue weighted by atomic mass is 16.2. The van der Waals surface area contributed by atoms with Crippen LogP contribution in [0.4, 0.5) is 4.79 Å². The number of hydrogen-bond donors (Lipinski definition) is 1. The SMILES string of the molecule is CC(C)N(C(=O)NC(c1ccccc1)c1ccccc1)C(C)C. The fraction of sp³-hybridized carbons (Fsp3) is 0.350. The molecular formula is C20H26N2O. The second-order valence-corrected chi connectivity index (χ2v) is 6.30. The third-order valence-electron chi connectivity index (χ3n) is 3.88. The van der Waals surface area contributed by atoms with Crippen molar-refractivity contribution in [3.63, 3.8) is 0 Å². The predicted molar refractivity (Wildman–Crippen MR) is 95.4 cm³/mol. The zero-order valence-corrected chi connectivity index (χ0v) is 14.4. The average Bonchev–Trinajstić information content (AvgIpc) is 2.53. The van der Waals surface area contributed by atoms with Crippen LogP contribution in [0, 0.1) is 0 Å². The monoisotopic (exact) mass is 310 g/mol. The first-order valence-corrected chi connectivity index (χ1v) is 8.19. The number of nitrogens with zero attached hydrogens (tertiary/aromatic N) is 1. The number of carbonyl (C=O) groups is 1. The van der Waals surface area contributed by atoms with Gasteiger partial charge in [0.15, 0.2) is 0 Å². The quantitative estimate of drug-likeness (QED) is 0.859. The normalized spacial score (nSPS) is 11.1. The molecule has 0 unspecified atom stereocenters. The molecule has 0 atom stereocenters. The first kappa shape index (κ1) is 17.1. The summed E-state index contributed by atoms with van der Waals surface area (Å²) in [5, 5.41) is 3.20. The molecule has 0 aliphatic rings. The van der Waals surface area contributed by atoms with E-state index in [1.54, 1.807) is 0 Å². The van der Waals surface area contributed by atoms with Gasteiger partial charge in [0.25, 0.3) is 0 Å². The van der Waals surface area contributed by atoms with Crippen LogP contribution in [0.1, 0.15) is 44.9 Å². The number of nitrogens with one attached hydrogen (secondary N) is 1. The largest absolute Gasteiger partial charge is 0.327 e. The summed E-state index contributed by atoms with van der Waals surface area (Å²) in [7, 11) is 0. The van der Waals surface area contributed by atoms with Gasteiger partial charge in [-0.05, 0) is 38.8 Å². The van der Waals surface area contributed by atoms with Crippen LogP contribution in [-0.4, -0.2) is 23.0 Å². The lowest BCUT2D eigenvalue weighted by Gasteiger charge is -2.33. The molecule has 0 aliphatic heterocycles. The molecule has 1 N–H and O–H groups in total. The highest BCUT2D eigenvalue weighted by molar-refractivity contribution is 5.76. The molecule has 0 heterocycles. The number of carbonyl (C=O) groups excluding carboxylic acids is 1. The molecule has 3 nitrogen and oxygen atoms in total. The van der Waals surface area contributed by atoms with Gasteiger partial charge in [-0.2, -0.15) is 0 Å². The fourth-order valence-corrected chi connectivity index (χ4v) is 2.91. The first-order chi connectivity index (χ1) is 11.0. The van der Waals surface area contributed by atoms with Crippen LogP contribution in [0.15, 0.2) is 60.7 Å². The Morgan fingerprint density at radius 3 is 1.52 bits per heavy atom. The van der Waals surface area contributed by atoms with Crippen molar-refractivity contribution in [1.82, 2.24) is 10.2 Å². The molecule has 0 radical (unpaired) electrons. The third-order valence-corrected chi connectivity index (χ3v) is 3.88. The van der Waals surface area contributed by atoms with Crippen molar-refractivity contribution in [2.45, 2.75) is 45.8 Å². The van der Waals surface area contributed by atoms with Gasteiger partial charge in [0.05, 0.1) is 6.04 Å². The van der Waals surface area contributed by atoms with Gasteiger partial charge >= 0.3 is 6.03 Å². The average molecular weight is 310 g/mol. The molecule has 0 saturated carbocycles. The smallest absolute Gasteiger partial charge is 0.318 e. The summed E-state index contributed by atoms with van der Waals surface area (Å²) in [6, 6.07) is 20.3. The molecule has 122 valence electrons. The topological polar surface area (TPSA) is 32.3 Å². The minimum absolute atomic E-state index is 0.0345. The molecule has 2 rings (SSSR count). The molecule has 0 aliphatic carbocycles. The molecule has 3 heteroatoms. The minimum atomic E-state index is -0.148. The van der Waals surface area contributed by atoms with E-state index in [0.29, 0.717) is 0 Å². The number of rotatable bonds is 5. The third kappa shape index (κ3) is 4.35. The predicted octanol–water partition coefficient (Wildman–Crippen LogP) is 4.60. The Morgan fingerprint density at radius 2 is 1.17 bits per heavy atom. The van der Waals surface area contributed by atoms with Gasteiger partial charge in [0, 0.05) is 12.1 Å². The summed E-state index contributed by atoms with van der Waals surface area (Å²) in [5.74, 6) is 0. The number of hydrogen-bond acceptors (Lipinski definition) is 1. The zero-order valence-electron chi connectivity index (χ0n) is 14.4. The van der Waals surface area contributed by atoms with E-state index in [4.69, 9.17) is 0 Å². The molecule has 0 saturated heterocycles. The number of amides is 2. The van der Waals surface area contributed by atoms with Gasteiger partial charge in [-0.25, -0.2) is 4.79 Å². The zero-order chi connectivity index (χ0) is 16.8. The van der Waals surface area contributed by atoms with Gasteiger partial charge in [-0.15, -0.1) is 0 Å². The van der Waals surface area contributed by atoms with Crippen LogP contribution >= 0.6 is 0 Å². The van der Waals surface area contributed by atoms with E-state index in [9.17, 15) is 4.79 Å².